The molecule has 3 rings (SSSR count). The largest absolute Gasteiger partial charge is 0.417 e. The molecule has 0 aliphatic heterocycles. The van der Waals surface area contributed by atoms with Gasteiger partial charge in [-0.3, -0.25) is 14.6 Å². The van der Waals surface area contributed by atoms with Crippen molar-refractivity contribution in [3.63, 3.8) is 0 Å². The van der Waals surface area contributed by atoms with E-state index < -0.39 is 40.9 Å². The van der Waals surface area contributed by atoms with Crippen molar-refractivity contribution in [3.05, 3.63) is 65.1 Å². The third-order valence-corrected chi connectivity index (χ3v) is 4.37. The zero-order chi connectivity index (χ0) is 22.8. The van der Waals surface area contributed by atoms with Crippen LogP contribution in [0.5, 0.6) is 0 Å². The highest BCUT2D eigenvalue weighted by Gasteiger charge is 2.32. The number of carbonyl (C=O) groups is 2. The first-order valence-electron chi connectivity index (χ1n) is 8.09. The molecule has 2 aromatic heterocycles. The van der Waals surface area contributed by atoms with E-state index in [9.17, 15) is 35.9 Å². The average molecular weight is 461 g/mol. The van der Waals surface area contributed by atoms with Crippen LogP contribution in [0.3, 0.4) is 0 Å². The lowest BCUT2D eigenvalue weighted by Crippen LogP contribution is -2.18. The Kier molecular flexibility index (Phi) is 5.92. The molecular weight excluding hydrogens is 452 g/mol. The quantitative estimate of drug-likeness (QED) is 0.559. The number of amides is 2. The number of nitrogens with one attached hydrogen (secondary N) is 2. The van der Waals surface area contributed by atoms with Gasteiger partial charge in [0.05, 0.1) is 16.7 Å². The van der Waals surface area contributed by atoms with E-state index >= 15 is 0 Å². The molecule has 0 spiro atoms. The molecule has 0 bridgehead atoms. The smallest absolute Gasteiger partial charge is 0.321 e. The van der Waals surface area contributed by atoms with Gasteiger partial charge in [0.1, 0.15) is 5.00 Å². The SMILES string of the molecule is O=C(Nc1snnc1C(=O)Nc1ccc(C(F)(F)F)cc1)c1cncc(C(F)(F)F)c1. The normalized spacial score (nSPS) is 11.8. The third-order valence-electron chi connectivity index (χ3n) is 3.73. The topological polar surface area (TPSA) is 96.9 Å². The number of anilines is 2. The zero-order valence-electron chi connectivity index (χ0n) is 14.9. The van der Waals surface area contributed by atoms with Gasteiger partial charge in [0, 0.05) is 29.6 Å². The standard InChI is InChI=1S/C17H9F6N5O2S/c18-16(19,20)9-1-3-11(4-2-9)25-14(30)12-15(31-28-27-12)26-13(29)8-5-10(7-24-6-8)17(21,22)23/h1-7H,(H,25,30)(H,26,29). The van der Waals surface area contributed by atoms with Gasteiger partial charge in [-0.2, -0.15) is 26.3 Å². The molecule has 162 valence electrons. The van der Waals surface area contributed by atoms with Crippen molar-refractivity contribution in [3.8, 4) is 0 Å². The summed E-state index contributed by atoms with van der Waals surface area (Å²) < 4.78 is 79.6. The van der Waals surface area contributed by atoms with Crippen LogP contribution < -0.4 is 10.6 Å². The summed E-state index contributed by atoms with van der Waals surface area (Å²) in [6, 6.07) is 4.15. The van der Waals surface area contributed by atoms with Crippen molar-refractivity contribution in [2.75, 3.05) is 10.6 Å². The lowest BCUT2D eigenvalue weighted by molar-refractivity contribution is -0.138. The van der Waals surface area contributed by atoms with Crippen LogP contribution in [0.1, 0.15) is 32.0 Å². The number of hydrogen-bond acceptors (Lipinski definition) is 6. The van der Waals surface area contributed by atoms with Crippen molar-refractivity contribution in [2.45, 2.75) is 12.4 Å². The second-order valence-corrected chi connectivity index (χ2v) is 6.65. The highest BCUT2D eigenvalue weighted by Crippen LogP contribution is 2.31. The third kappa shape index (κ3) is 5.33. The second-order valence-electron chi connectivity index (χ2n) is 5.89. The van der Waals surface area contributed by atoms with Gasteiger partial charge in [0.15, 0.2) is 5.69 Å². The molecule has 2 N–H and O–H groups in total. The van der Waals surface area contributed by atoms with Gasteiger partial charge in [-0.05, 0) is 30.3 Å². The maximum Gasteiger partial charge on any atom is 0.417 e. The lowest BCUT2D eigenvalue weighted by Gasteiger charge is -2.09. The first-order valence-corrected chi connectivity index (χ1v) is 8.87. The Hall–Kier alpha value is -3.55. The van der Waals surface area contributed by atoms with Crippen LogP contribution in [0.2, 0.25) is 0 Å². The molecule has 31 heavy (non-hydrogen) atoms. The molecule has 7 nitrogen and oxygen atoms in total. The summed E-state index contributed by atoms with van der Waals surface area (Å²) in [6.07, 6.45) is -7.80. The molecular formula is C17H9F6N5O2S. The molecule has 14 heteroatoms. The predicted octanol–water partition coefficient (Wildman–Crippen LogP) is 4.48. The maximum atomic E-state index is 12.8. The van der Waals surface area contributed by atoms with E-state index in [0.29, 0.717) is 23.8 Å². The minimum Gasteiger partial charge on any atom is -0.321 e. The molecule has 0 aliphatic rings. The van der Waals surface area contributed by atoms with E-state index in [4.69, 9.17) is 0 Å². The minimum absolute atomic E-state index is 0.0188. The van der Waals surface area contributed by atoms with Crippen molar-refractivity contribution in [1.29, 1.82) is 0 Å². The van der Waals surface area contributed by atoms with Crippen LogP contribution >= 0.6 is 11.5 Å². The van der Waals surface area contributed by atoms with Crippen LogP contribution in [0.25, 0.3) is 0 Å². The molecule has 3 aromatic rings. The average Bonchev–Trinajstić information content (AvgIpc) is 3.15. The number of rotatable bonds is 4. The molecule has 0 saturated heterocycles. The Bertz CT molecular complexity index is 1110. The lowest BCUT2D eigenvalue weighted by atomic mass is 10.2. The Morgan fingerprint density at radius 2 is 1.48 bits per heavy atom. The highest BCUT2D eigenvalue weighted by molar-refractivity contribution is 7.10. The summed E-state index contributed by atoms with van der Waals surface area (Å²) in [5.74, 6) is -1.89. The van der Waals surface area contributed by atoms with Crippen LogP contribution in [0, 0.1) is 0 Å². The number of nitrogens with zero attached hydrogens (tertiary/aromatic N) is 3. The zero-order valence-corrected chi connectivity index (χ0v) is 15.7. The molecule has 0 aliphatic carbocycles. The summed E-state index contributed by atoms with van der Waals surface area (Å²) in [4.78, 5) is 28.0. The van der Waals surface area contributed by atoms with Crippen LogP contribution in [0.15, 0.2) is 42.7 Å². The monoisotopic (exact) mass is 461 g/mol. The van der Waals surface area contributed by atoms with Gasteiger partial charge in [-0.1, -0.05) is 4.49 Å². The fraction of sp³-hybridized carbons (Fsp3) is 0.118. The fourth-order valence-corrected chi connectivity index (χ4v) is 2.81. The molecule has 2 amide bonds. The van der Waals surface area contributed by atoms with Crippen molar-refractivity contribution >= 4 is 34.0 Å². The van der Waals surface area contributed by atoms with Gasteiger partial charge in [0.25, 0.3) is 11.8 Å². The van der Waals surface area contributed by atoms with Gasteiger partial charge in [-0.15, -0.1) is 5.10 Å². The molecule has 0 saturated carbocycles. The van der Waals surface area contributed by atoms with Gasteiger partial charge in [-0.25, -0.2) is 0 Å². The minimum atomic E-state index is -4.71. The van der Waals surface area contributed by atoms with Gasteiger partial charge < -0.3 is 10.6 Å². The van der Waals surface area contributed by atoms with Crippen molar-refractivity contribution < 1.29 is 35.9 Å². The Morgan fingerprint density at radius 1 is 0.839 bits per heavy atom. The number of alkyl halides is 6. The van der Waals surface area contributed by atoms with E-state index in [1.807, 2.05) is 0 Å². The van der Waals surface area contributed by atoms with E-state index in [1.165, 1.54) is 0 Å². The summed E-state index contributed by atoms with van der Waals surface area (Å²) >= 11 is 0.582. The first-order chi connectivity index (χ1) is 14.4. The predicted molar refractivity (Wildman–Crippen MR) is 96.5 cm³/mol. The Morgan fingerprint density at radius 3 is 2.10 bits per heavy atom. The highest BCUT2D eigenvalue weighted by atomic mass is 32.1. The first kappa shape index (κ1) is 22.1. The number of hydrogen-bond donors (Lipinski definition) is 2. The van der Waals surface area contributed by atoms with E-state index in [1.54, 1.807) is 0 Å². The van der Waals surface area contributed by atoms with Crippen LogP contribution in [0.4, 0.5) is 37.0 Å². The van der Waals surface area contributed by atoms with Crippen molar-refractivity contribution in [1.82, 2.24) is 14.6 Å². The number of benzene rings is 1. The summed E-state index contributed by atoms with van der Waals surface area (Å²) in [5, 5.41) is 7.87. The maximum absolute atomic E-state index is 12.8. The summed E-state index contributed by atoms with van der Waals surface area (Å²) in [5.41, 5.74) is -2.83. The second kappa shape index (κ2) is 8.29. The summed E-state index contributed by atoms with van der Waals surface area (Å²) in [7, 11) is 0. The molecule has 2 heterocycles. The Balaban J connectivity index is 1.73. The number of carbonyl (C=O) groups excluding carboxylic acids is 2. The number of aromatic nitrogens is 3. The van der Waals surface area contributed by atoms with E-state index in [0.717, 1.165) is 30.5 Å². The van der Waals surface area contributed by atoms with Crippen LogP contribution in [-0.2, 0) is 12.4 Å². The number of pyridine rings is 1. The molecule has 0 unspecified atom stereocenters. The van der Waals surface area contributed by atoms with E-state index in [-0.39, 0.29) is 16.4 Å². The van der Waals surface area contributed by atoms with Gasteiger partial charge in [0.2, 0.25) is 0 Å². The number of halogens is 6. The van der Waals surface area contributed by atoms with Crippen LogP contribution in [-0.4, -0.2) is 26.4 Å². The fourth-order valence-electron chi connectivity index (χ4n) is 2.25. The molecule has 0 radical (unpaired) electrons. The van der Waals surface area contributed by atoms with E-state index in [2.05, 4.69) is 25.2 Å². The Labute approximate surface area is 173 Å². The summed E-state index contributed by atoms with van der Waals surface area (Å²) in [6.45, 7) is 0. The van der Waals surface area contributed by atoms with Gasteiger partial charge >= 0.3 is 12.4 Å². The van der Waals surface area contributed by atoms with Crippen molar-refractivity contribution in [2.24, 2.45) is 0 Å². The molecule has 0 atom stereocenters. The molecule has 0 fully saturated rings. The molecule has 1 aromatic carbocycles.